The lowest BCUT2D eigenvalue weighted by molar-refractivity contribution is 0.403. The SMILES string of the molecule is C=C/C=C(\C=C(\c1cc(-c2ccccc2)cc(-c2ccccc2)c1)N1c2cc3c(cc2B2c4cc(C(C)(C)C)ccc4N(c4ccc(C(C)(C)C)cc4)c4cc(C(C)C)cc1c42)C(C)(C)CC3(C)C)C(C)(C)C. The zero-order valence-corrected chi connectivity index (χ0v) is 46.6. The monoisotopic (exact) mass is 957 g/mol. The van der Waals surface area contributed by atoms with Crippen LogP contribution in [0.4, 0.5) is 28.4 Å². The van der Waals surface area contributed by atoms with Crippen molar-refractivity contribution in [2.45, 2.75) is 138 Å². The van der Waals surface area contributed by atoms with Gasteiger partial charge in [-0.05, 0) is 178 Å². The molecule has 0 amide bonds. The van der Waals surface area contributed by atoms with Crippen LogP contribution in [0.5, 0.6) is 0 Å². The van der Waals surface area contributed by atoms with Gasteiger partial charge in [-0.2, -0.15) is 0 Å². The molecule has 3 aliphatic rings. The van der Waals surface area contributed by atoms with Crippen LogP contribution >= 0.6 is 0 Å². The molecule has 0 fully saturated rings. The average molecular weight is 957 g/mol. The Bertz CT molecular complexity index is 3280. The van der Waals surface area contributed by atoms with E-state index in [9.17, 15) is 0 Å². The van der Waals surface area contributed by atoms with Crippen molar-refractivity contribution in [3.05, 3.63) is 209 Å². The predicted octanol–water partition coefficient (Wildman–Crippen LogP) is 17.6. The second-order valence-corrected chi connectivity index (χ2v) is 26.1. The molecule has 2 nitrogen and oxygen atoms in total. The van der Waals surface area contributed by atoms with Crippen LogP contribution < -0.4 is 26.2 Å². The van der Waals surface area contributed by atoms with E-state index < -0.39 is 0 Å². The van der Waals surface area contributed by atoms with E-state index in [1.165, 1.54) is 100 Å². The minimum atomic E-state index is -0.193. The van der Waals surface area contributed by atoms with Crippen molar-refractivity contribution in [3.8, 4) is 22.3 Å². The second kappa shape index (κ2) is 17.8. The first-order valence-electron chi connectivity index (χ1n) is 26.9. The first-order valence-corrected chi connectivity index (χ1v) is 26.9. The topological polar surface area (TPSA) is 6.48 Å². The van der Waals surface area contributed by atoms with Crippen LogP contribution in [-0.2, 0) is 21.7 Å². The molecule has 7 aromatic carbocycles. The molecule has 0 saturated heterocycles. The molecule has 7 aromatic rings. The zero-order valence-electron chi connectivity index (χ0n) is 46.6. The highest BCUT2D eigenvalue weighted by Crippen LogP contribution is 2.53. The van der Waals surface area contributed by atoms with E-state index in [1.807, 2.05) is 6.08 Å². The molecule has 0 radical (unpaired) electrons. The molecule has 0 spiro atoms. The van der Waals surface area contributed by atoms with E-state index in [-0.39, 0.29) is 39.7 Å². The molecule has 2 aliphatic heterocycles. The number of rotatable bonds is 8. The van der Waals surface area contributed by atoms with Crippen molar-refractivity contribution in [1.29, 1.82) is 0 Å². The van der Waals surface area contributed by atoms with Crippen molar-refractivity contribution in [2.75, 3.05) is 9.80 Å². The maximum atomic E-state index is 4.30. The van der Waals surface area contributed by atoms with Gasteiger partial charge in [0, 0.05) is 28.4 Å². The molecule has 0 atom stereocenters. The summed E-state index contributed by atoms with van der Waals surface area (Å²) in [5.41, 5.74) is 25.2. The van der Waals surface area contributed by atoms with Gasteiger partial charge >= 0.3 is 0 Å². The Morgan fingerprint density at radius 2 is 1.10 bits per heavy atom. The lowest BCUT2D eigenvalue weighted by Crippen LogP contribution is -2.62. The smallest absolute Gasteiger partial charge is 0.252 e. The molecular formula is C70H77BN2. The van der Waals surface area contributed by atoms with E-state index in [0.29, 0.717) is 0 Å². The van der Waals surface area contributed by atoms with Gasteiger partial charge in [0.15, 0.2) is 0 Å². The summed E-state index contributed by atoms with van der Waals surface area (Å²) in [5, 5.41) is 0. The number of hydrogen-bond acceptors (Lipinski definition) is 2. The molecule has 3 heteroatoms. The molecule has 0 N–H and O–H groups in total. The summed E-state index contributed by atoms with van der Waals surface area (Å²) in [4.78, 5) is 5.31. The van der Waals surface area contributed by atoms with Crippen molar-refractivity contribution in [3.63, 3.8) is 0 Å². The molecule has 1 aliphatic carbocycles. The lowest BCUT2D eigenvalue weighted by Gasteiger charge is -2.46. The third-order valence-electron chi connectivity index (χ3n) is 16.2. The summed E-state index contributed by atoms with van der Waals surface area (Å²) >= 11 is 0. The van der Waals surface area contributed by atoms with Crippen LogP contribution in [0.1, 0.15) is 150 Å². The maximum absolute atomic E-state index is 4.30. The van der Waals surface area contributed by atoms with E-state index in [0.717, 1.165) is 17.7 Å². The summed E-state index contributed by atoms with van der Waals surface area (Å²) in [7, 11) is 0. The molecule has 2 heterocycles. The summed E-state index contributed by atoms with van der Waals surface area (Å²) in [6, 6.07) is 56.3. The van der Waals surface area contributed by atoms with Gasteiger partial charge in [-0.25, -0.2) is 0 Å². The van der Waals surface area contributed by atoms with Gasteiger partial charge in [0.25, 0.3) is 6.71 Å². The first kappa shape index (κ1) is 50.0. The Morgan fingerprint density at radius 1 is 0.562 bits per heavy atom. The number of fused-ring (bicyclic) bond motifs is 5. The number of anilines is 5. The Balaban J connectivity index is 1.39. The van der Waals surface area contributed by atoms with E-state index in [4.69, 9.17) is 0 Å². The third-order valence-corrected chi connectivity index (χ3v) is 16.2. The minimum absolute atomic E-state index is 0.00569. The highest BCUT2D eigenvalue weighted by Gasteiger charge is 2.49. The molecule has 0 bridgehead atoms. The van der Waals surface area contributed by atoms with Crippen molar-refractivity contribution >= 4 is 57.2 Å². The van der Waals surface area contributed by atoms with Gasteiger partial charge in [-0.3, -0.25) is 0 Å². The third kappa shape index (κ3) is 8.96. The quantitative estimate of drug-likeness (QED) is 0.111. The van der Waals surface area contributed by atoms with Gasteiger partial charge in [-0.15, -0.1) is 0 Å². The number of benzene rings is 7. The van der Waals surface area contributed by atoms with Crippen molar-refractivity contribution in [1.82, 2.24) is 0 Å². The molecule has 0 unspecified atom stereocenters. The van der Waals surface area contributed by atoms with Crippen molar-refractivity contribution in [2.24, 2.45) is 5.41 Å². The maximum Gasteiger partial charge on any atom is 0.252 e. The van der Waals surface area contributed by atoms with Crippen molar-refractivity contribution < 1.29 is 0 Å². The minimum Gasteiger partial charge on any atom is -0.311 e. The standard InChI is InChI=1S/C70H77BN2/c1-17-24-53(67(7,8)9)41-61(51-36-49(46-25-20-18-21-26-46)35-50(37-51)47-27-22-19-23-28-47)73-62-43-57-56(69(13,14)44-70(57,15)16)42-59(62)71-58-40-54(68(10,11)12)31-34-60(58)72(55-32-29-52(30-33-55)66(4,5)6)63-38-48(45(2)3)39-64(73)65(63)71/h17-43,45H,1,44H2,2-16H3/b53-24+,61-41-. The average Bonchev–Trinajstić information content (AvgIpc) is 3.52. The van der Waals surface area contributed by atoms with Gasteiger partial charge in [0.2, 0.25) is 0 Å². The van der Waals surface area contributed by atoms with Crippen LogP contribution in [0.25, 0.3) is 28.0 Å². The summed E-state index contributed by atoms with van der Waals surface area (Å²) in [6.07, 6.45) is 7.78. The van der Waals surface area contributed by atoms with Gasteiger partial charge < -0.3 is 9.80 Å². The Labute approximate surface area is 439 Å². The predicted molar refractivity (Wildman–Crippen MR) is 320 cm³/mol. The van der Waals surface area contributed by atoms with Crippen LogP contribution in [0, 0.1) is 5.41 Å². The van der Waals surface area contributed by atoms with E-state index in [1.54, 1.807) is 0 Å². The summed E-state index contributed by atoms with van der Waals surface area (Å²) < 4.78 is 0. The molecule has 0 saturated carbocycles. The second-order valence-electron chi connectivity index (χ2n) is 26.1. The van der Waals surface area contributed by atoms with Gasteiger partial charge in [-0.1, -0.05) is 214 Å². The highest BCUT2D eigenvalue weighted by atomic mass is 15.2. The van der Waals surface area contributed by atoms with Crippen LogP contribution in [0.3, 0.4) is 0 Å². The Kier molecular flexibility index (Phi) is 12.2. The molecule has 0 aromatic heterocycles. The fraction of sp³-hybridized carbons (Fsp3) is 0.314. The number of allylic oxidation sites excluding steroid dienone is 4. The number of hydrogen-bond donors (Lipinski definition) is 0. The summed E-state index contributed by atoms with van der Waals surface area (Å²) in [6.45, 7) is 39.9. The van der Waals surface area contributed by atoms with Crippen LogP contribution in [-0.4, -0.2) is 6.71 Å². The molecule has 370 valence electrons. The van der Waals surface area contributed by atoms with Crippen LogP contribution in [0.15, 0.2) is 176 Å². The lowest BCUT2D eigenvalue weighted by atomic mass is 9.33. The first-order chi connectivity index (χ1) is 34.4. The van der Waals surface area contributed by atoms with Gasteiger partial charge in [0.1, 0.15) is 0 Å². The fourth-order valence-electron chi connectivity index (χ4n) is 12.4. The Hall–Kier alpha value is -6.58. The fourth-order valence-corrected chi connectivity index (χ4v) is 12.4. The molecule has 10 rings (SSSR count). The summed E-state index contributed by atoms with van der Waals surface area (Å²) in [5.74, 6) is 0.266. The molecule has 73 heavy (non-hydrogen) atoms. The molecular weight excluding hydrogens is 880 g/mol. The Morgan fingerprint density at radius 3 is 1.63 bits per heavy atom. The van der Waals surface area contributed by atoms with Crippen LogP contribution in [0.2, 0.25) is 0 Å². The van der Waals surface area contributed by atoms with Gasteiger partial charge in [0.05, 0.1) is 5.70 Å². The van der Waals surface area contributed by atoms with E-state index in [2.05, 4.69) is 278 Å². The largest absolute Gasteiger partial charge is 0.311 e. The van der Waals surface area contributed by atoms with E-state index >= 15 is 0 Å². The highest BCUT2D eigenvalue weighted by molar-refractivity contribution is 7.00. The zero-order chi connectivity index (χ0) is 52.2. The normalized spacial score (nSPS) is 16.0. The number of nitrogens with zero attached hydrogens (tertiary/aromatic N) is 2.